The molecular weight excluding hydrogens is 428 g/mol. The summed E-state index contributed by atoms with van der Waals surface area (Å²) in [4.78, 5) is 4.19. The number of hydrogen-bond acceptors (Lipinski definition) is 4. The van der Waals surface area contributed by atoms with Crippen LogP contribution in [-0.4, -0.2) is 14.3 Å². The lowest BCUT2D eigenvalue weighted by molar-refractivity contribution is -0.212. The number of benzene rings is 3. The molecule has 1 N–H and O–H groups in total. The summed E-state index contributed by atoms with van der Waals surface area (Å²) in [5.74, 6) is -0.519. The lowest BCUT2D eigenvalue weighted by atomic mass is 10.2. The van der Waals surface area contributed by atoms with Crippen molar-refractivity contribution in [3.05, 3.63) is 88.4 Å². The number of rotatable bonds is 5. The van der Waals surface area contributed by atoms with Gasteiger partial charge >= 0.3 is 0 Å². The Bertz CT molecular complexity index is 1090. The van der Waals surface area contributed by atoms with Gasteiger partial charge in [-0.2, -0.15) is 0 Å². The zero-order valence-electron chi connectivity index (χ0n) is 14.4. The minimum absolute atomic E-state index is 0.101. The standard InChI is InChI=1S/C20H17BrN2O3S/c1-14-5-4-6-16(13-14)22-20(24)18-7-2-3-8-19(18)23-27(25,26)17-11-9-15(21)10-12-17/h2-13,23H,1H3,(H,22,24)/p-1. The third-order valence-electron chi connectivity index (χ3n) is 3.76. The highest BCUT2D eigenvalue weighted by molar-refractivity contribution is 9.10. The van der Waals surface area contributed by atoms with Gasteiger partial charge in [0.05, 0.1) is 16.3 Å². The minimum atomic E-state index is -3.83. The molecule has 0 bridgehead atoms. The Labute approximate surface area is 166 Å². The Morgan fingerprint density at radius 3 is 2.41 bits per heavy atom. The Morgan fingerprint density at radius 1 is 1.00 bits per heavy atom. The second-order valence-electron chi connectivity index (χ2n) is 5.86. The van der Waals surface area contributed by atoms with Gasteiger partial charge < -0.3 is 5.11 Å². The van der Waals surface area contributed by atoms with Crippen molar-refractivity contribution in [2.75, 3.05) is 4.72 Å². The average Bonchev–Trinajstić information content (AvgIpc) is 2.62. The molecule has 0 heterocycles. The fourth-order valence-electron chi connectivity index (χ4n) is 2.45. The number of para-hydroxylation sites is 1. The number of nitrogens with one attached hydrogen (secondary N) is 1. The van der Waals surface area contributed by atoms with E-state index in [1.807, 2.05) is 19.1 Å². The van der Waals surface area contributed by atoms with Crippen molar-refractivity contribution in [2.45, 2.75) is 11.8 Å². The van der Waals surface area contributed by atoms with E-state index in [4.69, 9.17) is 0 Å². The third-order valence-corrected chi connectivity index (χ3v) is 5.67. The van der Waals surface area contributed by atoms with Gasteiger partial charge in [-0.3, -0.25) is 9.71 Å². The van der Waals surface area contributed by atoms with E-state index in [0.717, 1.165) is 10.0 Å². The van der Waals surface area contributed by atoms with Gasteiger partial charge in [-0.1, -0.05) is 46.3 Å². The molecule has 0 atom stereocenters. The van der Waals surface area contributed by atoms with Gasteiger partial charge in [0.2, 0.25) is 0 Å². The summed E-state index contributed by atoms with van der Waals surface area (Å²) in [5, 5.41) is 12.6. The van der Waals surface area contributed by atoms with Crippen LogP contribution in [0.1, 0.15) is 11.1 Å². The molecule has 27 heavy (non-hydrogen) atoms. The maximum absolute atomic E-state index is 12.6. The smallest absolute Gasteiger partial charge is 0.261 e. The van der Waals surface area contributed by atoms with Gasteiger partial charge in [0.25, 0.3) is 10.0 Å². The predicted octanol–water partition coefficient (Wildman–Crippen LogP) is 4.00. The maximum Gasteiger partial charge on any atom is 0.261 e. The molecule has 7 heteroatoms. The SMILES string of the molecule is Cc1cccc(N=C([O-])c2ccccc2NS(=O)(=O)c2ccc(Br)cc2)c1. The monoisotopic (exact) mass is 443 g/mol. The zero-order valence-corrected chi connectivity index (χ0v) is 16.8. The Kier molecular flexibility index (Phi) is 5.62. The highest BCUT2D eigenvalue weighted by Gasteiger charge is 2.15. The van der Waals surface area contributed by atoms with E-state index in [9.17, 15) is 13.5 Å². The van der Waals surface area contributed by atoms with Gasteiger partial charge in [0.1, 0.15) is 0 Å². The normalized spacial score (nSPS) is 12.0. The summed E-state index contributed by atoms with van der Waals surface area (Å²) < 4.78 is 28.5. The lowest BCUT2D eigenvalue weighted by Crippen LogP contribution is -2.22. The van der Waals surface area contributed by atoms with Crippen LogP contribution in [0.5, 0.6) is 0 Å². The molecule has 138 valence electrons. The first-order valence-corrected chi connectivity index (χ1v) is 10.3. The van der Waals surface area contributed by atoms with Crippen molar-refractivity contribution in [1.82, 2.24) is 0 Å². The molecule has 0 aromatic heterocycles. The maximum atomic E-state index is 12.6. The van der Waals surface area contributed by atoms with Crippen LogP contribution in [0, 0.1) is 6.92 Å². The summed E-state index contributed by atoms with van der Waals surface area (Å²) in [6.45, 7) is 1.91. The van der Waals surface area contributed by atoms with E-state index in [1.165, 1.54) is 18.2 Å². The van der Waals surface area contributed by atoms with Crippen molar-refractivity contribution < 1.29 is 13.5 Å². The van der Waals surface area contributed by atoms with Crippen molar-refractivity contribution in [3.8, 4) is 0 Å². The first-order chi connectivity index (χ1) is 12.8. The molecule has 5 nitrogen and oxygen atoms in total. The van der Waals surface area contributed by atoms with Crippen molar-refractivity contribution in [1.29, 1.82) is 0 Å². The second kappa shape index (κ2) is 7.94. The van der Waals surface area contributed by atoms with Crippen LogP contribution < -0.4 is 9.83 Å². The highest BCUT2D eigenvalue weighted by atomic mass is 79.9. The first kappa shape index (κ1) is 19.1. The second-order valence-corrected chi connectivity index (χ2v) is 8.46. The van der Waals surface area contributed by atoms with Gasteiger partial charge in [-0.25, -0.2) is 8.42 Å². The summed E-state index contributed by atoms with van der Waals surface area (Å²) in [6, 6.07) is 19.9. The molecule has 0 aliphatic rings. The quantitative estimate of drug-likeness (QED) is 0.477. The van der Waals surface area contributed by atoms with Crippen LogP contribution in [-0.2, 0) is 10.0 Å². The summed E-state index contributed by atoms with van der Waals surface area (Å²) >= 11 is 3.27. The fourth-order valence-corrected chi connectivity index (χ4v) is 3.80. The van der Waals surface area contributed by atoms with E-state index in [2.05, 4.69) is 25.6 Å². The van der Waals surface area contributed by atoms with Crippen LogP contribution in [0.3, 0.4) is 0 Å². The number of hydrogen-bond donors (Lipinski definition) is 1. The average molecular weight is 444 g/mol. The topological polar surface area (TPSA) is 81.6 Å². The van der Waals surface area contributed by atoms with E-state index in [-0.39, 0.29) is 16.1 Å². The molecule has 0 aliphatic carbocycles. The minimum Gasteiger partial charge on any atom is -0.858 e. The number of anilines is 1. The molecule has 0 saturated carbocycles. The molecule has 0 fully saturated rings. The number of nitrogens with zero attached hydrogens (tertiary/aromatic N) is 1. The molecule has 0 spiro atoms. The highest BCUT2D eigenvalue weighted by Crippen LogP contribution is 2.23. The van der Waals surface area contributed by atoms with E-state index < -0.39 is 15.9 Å². The first-order valence-electron chi connectivity index (χ1n) is 8.05. The van der Waals surface area contributed by atoms with E-state index in [1.54, 1.807) is 42.5 Å². The van der Waals surface area contributed by atoms with E-state index in [0.29, 0.717) is 5.69 Å². The van der Waals surface area contributed by atoms with Gasteiger partial charge in [-0.05, 0) is 60.8 Å². The Hall–Kier alpha value is -2.64. The van der Waals surface area contributed by atoms with Crippen molar-refractivity contribution >= 4 is 43.2 Å². The molecule has 0 saturated heterocycles. The Morgan fingerprint density at radius 2 is 1.70 bits per heavy atom. The predicted molar refractivity (Wildman–Crippen MR) is 109 cm³/mol. The molecule has 0 amide bonds. The molecule has 0 radical (unpaired) electrons. The number of aliphatic imine (C=N–C) groups is 1. The molecule has 0 unspecified atom stereocenters. The third kappa shape index (κ3) is 4.75. The number of aryl methyl sites for hydroxylation is 1. The summed E-state index contributed by atoms with van der Waals surface area (Å²) in [6.07, 6.45) is 0. The Balaban J connectivity index is 1.95. The largest absolute Gasteiger partial charge is 0.858 e. The van der Waals surface area contributed by atoms with Crippen molar-refractivity contribution in [3.63, 3.8) is 0 Å². The lowest BCUT2D eigenvalue weighted by Gasteiger charge is -2.17. The zero-order chi connectivity index (χ0) is 19.4. The molecule has 3 rings (SSSR count). The molecular formula is C20H16BrN2O3S-. The molecule has 3 aromatic rings. The van der Waals surface area contributed by atoms with Gasteiger partial charge in [0.15, 0.2) is 0 Å². The summed E-state index contributed by atoms with van der Waals surface area (Å²) in [5.41, 5.74) is 1.86. The molecule has 0 aliphatic heterocycles. The molecule has 3 aromatic carbocycles. The number of halogens is 1. The fraction of sp³-hybridized carbons (Fsp3) is 0.0500. The summed E-state index contributed by atoms with van der Waals surface area (Å²) in [7, 11) is -3.83. The van der Waals surface area contributed by atoms with Crippen molar-refractivity contribution in [2.24, 2.45) is 4.99 Å². The van der Waals surface area contributed by atoms with Crippen LogP contribution in [0.2, 0.25) is 0 Å². The van der Waals surface area contributed by atoms with Gasteiger partial charge in [0, 0.05) is 10.0 Å². The van der Waals surface area contributed by atoms with Crippen LogP contribution in [0.15, 0.2) is 87.2 Å². The van der Waals surface area contributed by atoms with Crippen LogP contribution in [0.4, 0.5) is 11.4 Å². The van der Waals surface area contributed by atoms with Crippen LogP contribution in [0.25, 0.3) is 0 Å². The number of sulfonamides is 1. The van der Waals surface area contributed by atoms with Crippen LogP contribution >= 0.6 is 15.9 Å². The van der Waals surface area contributed by atoms with Gasteiger partial charge in [-0.15, -0.1) is 0 Å². The van der Waals surface area contributed by atoms with E-state index >= 15 is 0 Å².